The van der Waals surface area contributed by atoms with Crippen molar-refractivity contribution >= 4 is 34.5 Å². The number of carbonyl (C=O) groups excluding carboxylic acids is 1. The lowest BCUT2D eigenvalue weighted by Crippen LogP contribution is -2.38. The van der Waals surface area contributed by atoms with Crippen LogP contribution in [0.2, 0.25) is 0 Å². The third-order valence-corrected chi connectivity index (χ3v) is 4.45. The Balaban J connectivity index is 1.88. The fourth-order valence-electron chi connectivity index (χ4n) is 2.90. The van der Waals surface area contributed by atoms with Gasteiger partial charge in [0.05, 0.1) is 0 Å². The number of fused-ring (bicyclic) bond motifs is 1. The second kappa shape index (κ2) is 7.99. The second-order valence-corrected chi connectivity index (χ2v) is 6.42. The molecule has 28 heavy (non-hydrogen) atoms. The summed E-state index contributed by atoms with van der Waals surface area (Å²) in [6.07, 6.45) is 4.39. The first-order chi connectivity index (χ1) is 13.4. The monoisotopic (exact) mass is 382 g/mol. The number of likely N-dealkylation sites (N-methyl/N-ethyl adjacent to an activating group) is 1. The zero-order valence-corrected chi connectivity index (χ0v) is 15.8. The van der Waals surface area contributed by atoms with E-state index in [9.17, 15) is 14.4 Å². The van der Waals surface area contributed by atoms with Gasteiger partial charge in [-0.1, -0.05) is 31.5 Å². The maximum atomic E-state index is 12.5. The number of unbranched alkanes of at least 4 members (excludes halogenated alkanes) is 1. The summed E-state index contributed by atoms with van der Waals surface area (Å²) < 4.78 is 6.91. The summed E-state index contributed by atoms with van der Waals surface area (Å²) in [6, 6.07) is 9.31. The lowest BCUT2D eigenvalue weighted by Gasteiger charge is -2.19. The molecule has 0 saturated heterocycles. The molecule has 1 aromatic carbocycles. The molecule has 3 rings (SSSR count). The molecule has 2 aromatic heterocycles. The molecule has 1 amide bonds. The molecule has 8 heteroatoms. The van der Waals surface area contributed by atoms with Gasteiger partial charge in [0.2, 0.25) is 0 Å². The summed E-state index contributed by atoms with van der Waals surface area (Å²) in [5, 5.41) is 0.923. The quantitative estimate of drug-likeness (QED) is 0.635. The number of amides is 1. The molecule has 0 atom stereocenters. The molecule has 0 bridgehead atoms. The Morgan fingerprint density at radius 3 is 2.79 bits per heavy atom. The number of nitrogen functional groups attached to an aromatic ring is 1. The number of para-hydroxylation sites is 1. The first-order valence-electron chi connectivity index (χ1n) is 8.99. The van der Waals surface area contributed by atoms with Crippen molar-refractivity contribution in [2.24, 2.45) is 0 Å². The zero-order chi connectivity index (χ0) is 20.3. The van der Waals surface area contributed by atoms with E-state index in [0.29, 0.717) is 17.9 Å². The summed E-state index contributed by atoms with van der Waals surface area (Å²) in [4.78, 5) is 40.1. The number of nitrogens with zero attached hydrogens (tertiary/aromatic N) is 2. The number of aromatic amines is 1. The molecule has 8 nitrogen and oxygen atoms in total. The summed E-state index contributed by atoms with van der Waals surface area (Å²) in [5.74, 6) is 0.00582. The minimum atomic E-state index is -0.705. The highest BCUT2D eigenvalue weighted by Crippen LogP contribution is 2.20. The molecule has 2 heterocycles. The molecule has 0 spiro atoms. The Morgan fingerprint density at radius 2 is 2.07 bits per heavy atom. The number of aromatic nitrogens is 2. The highest BCUT2D eigenvalue weighted by Gasteiger charge is 2.19. The molecular formula is C20H22N4O4. The molecule has 3 N–H and O–H groups in total. The maximum Gasteiger partial charge on any atom is 0.330 e. The SMILES string of the molecule is CCCCn1c(N)c(N(C)C(=O)/C=C/c2cc3ccccc3o2)c(=O)[nH]c1=O. The van der Waals surface area contributed by atoms with E-state index in [1.54, 1.807) is 0 Å². The van der Waals surface area contributed by atoms with Crippen molar-refractivity contribution in [2.45, 2.75) is 26.3 Å². The first kappa shape index (κ1) is 19.2. The summed E-state index contributed by atoms with van der Waals surface area (Å²) in [6.45, 7) is 2.34. The van der Waals surface area contributed by atoms with E-state index >= 15 is 0 Å². The van der Waals surface area contributed by atoms with Crippen molar-refractivity contribution in [2.75, 3.05) is 17.7 Å². The molecule has 0 saturated carbocycles. The van der Waals surface area contributed by atoms with Gasteiger partial charge in [0.25, 0.3) is 11.5 Å². The molecule has 0 unspecified atom stereocenters. The predicted molar refractivity (Wildman–Crippen MR) is 109 cm³/mol. The van der Waals surface area contributed by atoms with Gasteiger partial charge in [-0.3, -0.25) is 19.1 Å². The van der Waals surface area contributed by atoms with E-state index in [1.165, 1.54) is 23.8 Å². The van der Waals surface area contributed by atoms with Crippen LogP contribution in [0.15, 0.2) is 50.4 Å². The first-order valence-corrected chi connectivity index (χ1v) is 8.99. The van der Waals surface area contributed by atoms with Crippen molar-refractivity contribution in [1.82, 2.24) is 9.55 Å². The number of rotatable bonds is 6. The van der Waals surface area contributed by atoms with Crippen molar-refractivity contribution in [3.05, 3.63) is 63.0 Å². The normalized spacial score (nSPS) is 11.4. The van der Waals surface area contributed by atoms with Crippen molar-refractivity contribution in [3.63, 3.8) is 0 Å². The molecule has 0 radical (unpaired) electrons. The third kappa shape index (κ3) is 3.75. The van der Waals surface area contributed by atoms with Gasteiger partial charge >= 0.3 is 5.69 Å². The molecule has 0 fully saturated rings. The fourth-order valence-corrected chi connectivity index (χ4v) is 2.90. The number of anilines is 2. The third-order valence-electron chi connectivity index (χ3n) is 4.45. The average molecular weight is 382 g/mol. The molecular weight excluding hydrogens is 360 g/mol. The number of carbonyl (C=O) groups is 1. The van der Waals surface area contributed by atoms with Gasteiger partial charge in [-0.25, -0.2) is 4.79 Å². The molecule has 0 aliphatic rings. The topological polar surface area (TPSA) is 114 Å². The van der Waals surface area contributed by atoms with Crippen molar-refractivity contribution < 1.29 is 9.21 Å². The Bertz CT molecular complexity index is 1120. The van der Waals surface area contributed by atoms with Crippen molar-refractivity contribution in [3.8, 4) is 0 Å². The highest BCUT2D eigenvalue weighted by atomic mass is 16.3. The zero-order valence-electron chi connectivity index (χ0n) is 15.8. The van der Waals surface area contributed by atoms with Gasteiger partial charge in [0.15, 0.2) is 5.69 Å². The van der Waals surface area contributed by atoms with Crippen LogP contribution < -0.4 is 21.9 Å². The number of hydrogen-bond acceptors (Lipinski definition) is 5. The van der Waals surface area contributed by atoms with Crippen LogP contribution in [0, 0.1) is 0 Å². The standard InChI is InChI=1S/C20H22N4O4/c1-3-4-11-24-18(21)17(19(26)22-20(24)27)23(2)16(25)10-9-14-12-13-7-5-6-8-15(13)28-14/h5-10,12H,3-4,11,21H2,1-2H3,(H,22,26,27)/b10-9+. The Morgan fingerprint density at radius 1 is 1.32 bits per heavy atom. The lowest BCUT2D eigenvalue weighted by atomic mass is 10.2. The minimum absolute atomic E-state index is 0.0322. The molecule has 0 aliphatic heterocycles. The van der Waals surface area contributed by atoms with Crippen LogP contribution >= 0.6 is 0 Å². The van der Waals surface area contributed by atoms with Gasteiger partial charge in [-0.05, 0) is 24.6 Å². The van der Waals surface area contributed by atoms with Crippen LogP contribution in [0.1, 0.15) is 25.5 Å². The number of nitrogens with one attached hydrogen (secondary N) is 1. The average Bonchev–Trinajstić information content (AvgIpc) is 3.08. The van der Waals surface area contributed by atoms with Crippen LogP contribution in [0.3, 0.4) is 0 Å². The number of nitrogens with two attached hydrogens (primary N) is 1. The Labute approximate surface area is 160 Å². The van der Waals surface area contributed by atoms with E-state index in [4.69, 9.17) is 10.2 Å². The van der Waals surface area contributed by atoms with E-state index in [2.05, 4.69) is 4.98 Å². The van der Waals surface area contributed by atoms with Crippen LogP contribution in [0.4, 0.5) is 11.5 Å². The number of H-pyrrole nitrogens is 1. The van der Waals surface area contributed by atoms with Crippen LogP contribution in [0.25, 0.3) is 17.0 Å². The van der Waals surface area contributed by atoms with Crippen molar-refractivity contribution in [1.29, 1.82) is 0 Å². The number of benzene rings is 1. The lowest BCUT2D eigenvalue weighted by molar-refractivity contribution is -0.113. The van der Waals surface area contributed by atoms with Gasteiger partial charge in [0.1, 0.15) is 17.2 Å². The second-order valence-electron chi connectivity index (χ2n) is 6.42. The Hall–Kier alpha value is -3.55. The van der Waals surface area contributed by atoms with E-state index in [-0.39, 0.29) is 11.5 Å². The van der Waals surface area contributed by atoms with Gasteiger partial charge in [0, 0.05) is 25.1 Å². The smallest absolute Gasteiger partial charge is 0.330 e. The number of furan rings is 1. The van der Waals surface area contributed by atoms with Crippen LogP contribution in [0.5, 0.6) is 0 Å². The van der Waals surface area contributed by atoms with E-state index < -0.39 is 17.2 Å². The molecule has 0 aliphatic carbocycles. The largest absolute Gasteiger partial charge is 0.457 e. The van der Waals surface area contributed by atoms with Gasteiger partial charge < -0.3 is 15.1 Å². The Kier molecular flexibility index (Phi) is 5.49. The summed E-state index contributed by atoms with van der Waals surface area (Å²) in [7, 11) is 1.43. The highest BCUT2D eigenvalue weighted by molar-refractivity contribution is 6.04. The van der Waals surface area contributed by atoms with E-state index in [0.717, 1.165) is 23.1 Å². The minimum Gasteiger partial charge on any atom is -0.457 e. The maximum absolute atomic E-state index is 12.5. The van der Waals surface area contributed by atoms with Gasteiger partial charge in [-0.2, -0.15) is 0 Å². The van der Waals surface area contributed by atoms with Crippen LogP contribution in [-0.2, 0) is 11.3 Å². The van der Waals surface area contributed by atoms with Crippen LogP contribution in [-0.4, -0.2) is 22.5 Å². The van der Waals surface area contributed by atoms with E-state index in [1.807, 2.05) is 37.3 Å². The summed E-state index contributed by atoms with van der Waals surface area (Å²) >= 11 is 0. The molecule has 146 valence electrons. The summed E-state index contributed by atoms with van der Waals surface area (Å²) in [5.41, 5.74) is 5.39. The predicted octanol–water partition coefficient (Wildman–Crippen LogP) is 2.34. The van der Waals surface area contributed by atoms with Gasteiger partial charge in [-0.15, -0.1) is 0 Å². The molecule has 3 aromatic rings. The fraction of sp³-hybridized carbons (Fsp3) is 0.250. The number of hydrogen-bond donors (Lipinski definition) is 2.